The van der Waals surface area contributed by atoms with Crippen molar-refractivity contribution in [2.75, 3.05) is 6.54 Å². The Kier molecular flexibility index (Phi) is 5.12. The molecule has 1 atom stereocenters. The third-order valence-corrected chi connectivity index (χ3v) is 2.32. The Morgan fingerprint density at radius 3 is 2.44 bits per heavy atom. The normalized spacial score (nSPS) is 12.4. The molecule has 0 saturated carbocycles. The van der Waals surface area contributed by atoms with Gasteiger partial charge in [-0.1, -0.05) is 13.0 Å². The van der Waals surface area contributed by atoms with Gasteiger partial charge in [-0.15, -0.1) is 6.58 Å². The largest absolute Gasteiger partial charge is 0.310 e. The van der Waals surface area contributed by atoms with Crippen LogP contribution in [-0.4, -0.2) is 12.6 Å². The highest BCUT2D eigenvalue weighted by Gasteiger charge is 2.06. The molecule has 88 valence electrons. The van der Waals surface area contributed by atoms with Crippen molar-refractivity contribution >= 4 is 0 Å². The molecule has 1 N–H and O–H groups in total. The van der Waals surface area contributed by atoms with Crippen LogP contribution < -0.4 is 5.32 Å². The van der Waals surface area contributed by atoms with Gasteiger partial charge in [0, 0.05) is 12.1 Å². The van der Waals surface area contributed by atoms with Gasteiger partial charge < -0.3 is 5.32 Å². The van der Waals surface area contributed by atoms with E-state index in [1.165, 1.54) is 12.1 Å². The average Bonchev–Trinajstić information content (AvgIpc) is 2.22. The van der Waals surface area contributed by atoms with Gasteiger partial charge in [-0.2, -0.15) is 0 Å². The van der Waals surface area contributed by atoms with Crippen molar-refractivity contribution in [1.82, 2.24) is 5.32 Å². The van der Waals surface area contributed by atoms with Gasteiger partial charge in [0.15, 0.2) is 0 Å². The van der Waals surface area contributed by atoms with Crippen LogP contribution in [0, 0.1) is 11.6 Å². The first-order chi connectivity index (χ1) is 7.65. The molecule has 0 aromatic heterocycles. The van der Waals surface area contributed by atoms with Crippen molar-refractivity contribution in [1.29, 1.82) is 0 Å². The topological polar surface area (TPSA) is 12.0 Å². The van der Waals surface area contributed by atoms with E-state index >= 15 is 0 Å². The van der Waals surface area contributed by atoms with Crippen molar-refractivity contribution in [3.05, 3.63) is 48.1 Å². The number of hydrogen-bond acceptors (Lipinski definition) is 1. The molecule has 0 spiro atoms. The molecule has 0 bridgehead atoms. The summed E-state index contributed by atoms with van der Waals surface area (Å²) in [4.78, 5) is 0. The van der Waals surface area contributed by atoms with Crippen LogP contribution in [0.25, 0.3) is 0 Å². The summed E-state index contributed by atoms with van der Waals surface area (Å²) in [5.74, 6) is -1.07. The standard InChI is InChI=1S/C13H17F2N/c1-3-5-16-13(4-2)8-10-6-11(14)9-12(15)7-10/h4,6-7,9,13,16H,2-3,5,8H2,1H3. The lowest BCUT2D eigenvalue weighted by atomic mass is 10.1. The molecule has 1 nitrogen and oxygen atoms in total. The Morgan fingerprint density at radius 1 is 1.31 bits per heavy atom. The van der Waals surface area contributed by atoms with E-state index < -0.39 is 11.6 Å². The van der Waals surface area contributed by atoms with Crippen molar-refractivity contribution in [3.8, 4) is 0 Å². The maximum atomic E-state index is 12.9. The Bertz CT molecular complexity index is 330. The highest BCUT2D eigenvalue weighted by atomic mass is 19.1. The second kappa shape index (κ2) is 6.38. The first-order valence-electron chi connectivity index (χ1n) is 5.46. The summed E-state index contributed by atoms with van der Waals surface area (Å²) < 4.78 is 25.9. The molecule has 0 aliphatic heterocycles. The van der Waals surface area contributed by atoms with Gasteiger partial charge >= 0.3 is 0 Å². The van der Waals surface area contributed by atoms with Gasteiger partial charge in [-0.3, -0.25) is 0 Å². The van der Waals surface area contributed by atoms with Crippen LogP contribution in [0.15, 0.2) is 30.9 Å². The average molecular weight is 225 g/mol. The summed E-state index contributed by atoms with van der Waals surface area (Å²) in [5.41, 5.74) is 0.644. The summed E-state index contributed by atoms with van der Waals surface area (Å²) in [7, 11) is 0. The van der Waals surface area contributed by atoms with Crippen LogP contribution in [0.2, 0.25) is 0 Å². The van der Waals surface area contributed by atoms with Crippen LogP contribution in [-0.2, 0) is 6.42 Å². The zero-order chi connectivity index (χ0) is 12.0. The lowest BCUT2D eigenvalue weighted by molar-refractivity contribution is 0.563. The van der Waals surface area contributed by atoms with Gasteiger partial charge in [0.2, 0.25) is 0 Å². The third-order valence-electron chi connectivity index (χ3n) is 2.32. The van der Waals surface area contributed by atoms with Gasteiger partial charge in [0.25, 0.3) is 0 Å². The van der Waals surface area contributed by atoms with E-state index in [2.05, 4.69) is 18.8 Å². The minimum Gasteiger partial charge on any atom is -0.310 e. The molecule has 0 radical (unpaired) electrons. The molecular formula is C13H17F2N. The highest BCUT2D eigenvalue weighted by molar-refractivity contribution is 5.19. The SMILES string of the molecule is C=CC(Cc1cc(F)cc(F)c1)NCCC. The molecule has 1 aromatic rings. The van der Waals surface area contributed by atoms with E-state index in [0.717, 1.165) is 19.0 Å². The highest BCUT2D eigenvalue weighted by Crippen LogP contribution is 2.10. The number of nitrogens with one attached hydrogen (secondary N) is 1. The van der Waals surface area contributed by atoms with Crippen LogP contribution in [0.5, 0.6) is 0 Å². The van der Waals surface area contributed by atoms with E-state index in [-0.39, 0.29) is 6.04 Å². The van der Waals surface area contributed by atoms with Crippen molar-refractivity contribution in [2.24, 2.45) is 0 Å². The molecule has 1 rings (SSSR count). The molecule has 0 saturated heterocycles. The molecule has 1 unspecified atom stereocenters. The number of halogens is 2. The van der Waals surface area contributed by atoms with Gasteiger partial charge in [-0.05, 0) is 37.1 Å². The zero-order valence-electron chi connectivity index (χ0n) is 9.47. The molecule has 0 heterocycles. The second-order valence-electron chi connectivity index (χ2n) is 3.78. The zero-order valence-corrected chi connectivity index (χ0v) is 9.47. The lowest BCUT2D eigenvalue weighted by Gasteiger charge is -2.14. The van der Waals surface area contributed by atoms with Gasteiger partial charge in [0.05, 0.1) is 0 Å². The van der Waals surface area contributed by atoms with E-state index in [4.69, 9.17) is 0 Å². The number of rotatable bonds is 6. The molecule has 3 heteroatoms. The fraction of sp³-hybridized carbons (Fsp3) is 0.385. The summed E-state index contributed by atoms with van der Waals surface area (Å²) in [6, 6.07) is 3.65. The number of hydrogen-bond donors (Lipinski definition) is 1. The Morgan fingerprint density at radius 2 is 1.94 bits per heavy atom. The lowest BCUT2D eigenvalue weighted by Crippen LogP contribution is -2.29. The maximum absolute atomic E-state index is 12.9. The minimum absolute atomic E-state index is 0.0566. The van der Waals surface area contributed by atoms with Crippen LogP contribution in [0.3, 0.4) is 0 Å². The predicted molar refractivity (Wildman–Crippen MR) is 62.3 cm³/mol. The van der Waals surface area contributed by atoms with Crippen LogP contribution in [0.1, 0.15) is 18.9 Å². The monoisotopic (exact) mass is 225 g/mol. The fourth-order valence-corrected chi connectivity index (χ4v) is 1.55. The van der Waals surface area contributed by atoms with Gasteiger partial charge in [-0.25, -0.2) is 8.78 Å². The van der Waals surface area contributed by atoms with Crippen LogP contribution in [0.4, 0.5) is 8.78 Å². The van der Waals surface area contributed by atoms with Crippen molar-refractivity contribution < 1.29 is 8.78 Å². The second-order valence-corrected chi connectivity index (χ2v) is 3.78. The summed E-state index contributed by atoms with van der Waals surface area (Å²) in [6.45, 7) is 6.64. The first-order valence-corrected chi connectivity index (χ1v) is 5.46. The predicted octanol–water partition coefficient (Wildman–Crippen LogP) is 3.06. The molecule has 0 amide bonds. The molecule has 16 heavy (non-hydrogen) atoms. The first kappa shape index (κ1) is 12.8. The van der Waals surface area contributed by atoms with E-state index in [1.807, 2.05) is 0 Å². The van der Waals surface area contributed by atoms with E-state index in [0.29, 0.717) is 12.0 Å². The Hall–Kier alpha value is -1.22. The van der Waals surface area contributed by atoms with E-state index in [9.17, 15) is 8.78 Å². The molecular weight excluding hydrogens is 208 g/mol. The smallest absolute Gasteiger partial charge is 0.126 e. The van der Waals surface area contributed by atoms with Crippen molar-refractivity contribution in [2.45, 2.75) is 25.8 Å². The summed E-state index contributed by atoms with van der Waals surface area (Å²) in [5, 5.41) is 3.24. The molecule has 0 aliphatic rings. The molecule has 1 aromatic carbocycles. The summed E-state index contributed by atoms with van der Waals surface area (Å²) in [6.07, 6.45) is 3.33. The fourth-order valence-electron chi connectivity index (χ4n) is 1.55. The van der Waals surface area contributed by atoms with Crippen molar-refractivity contribution in [3.63, 3.8) is 0 Å². The van der Waals surface area contributed by atoms with Crippen LogP contribution >= 0.6 is 0 Å². The van der Waals surface area contributed by atoms with E-state index in [1.54, 1.807) is 6.08 Å². The molecule has 0 aliphatic carbocycles. The van der Waals surface area contributed by atoms with Gasteiger partial charge in [0.1, 0.15) is 11.6 Å². The third kappa shape index (κ3) is 4.11. The Balaban J connectivity index is 2.66. The molecule has 0 fully saturated rings. The number of benzene rings is 1. The Labute approximate surface area is 95.2 Å². The minimum atomic E-state index is -0.534. The summed E-state index contributed by atoms with van der Waals surface area (Å²) >= 11 is 0. The quantitative estimate of drug-likeness (QED) is 0.734. The maximum Gasteiger partial charge on any atom is 0.126 e.